The second-order valence-electron chi connectivity index (χ2n) is 7.99. The Morgan fingerprint density at radius 3 is 2.63 bits per heavy atom. The third-order valence-electron chi connectivity index (χ3n) is 5.98. The van der Waals surface area contributed by atoms with Crippen LogP contribution in [0.25, 0.3) is 0 Å². The molecule has 0 aromatic rings. The van der Waals surface area contributed by atoms with Gasteiger partial charge in [0.15, 0.2) is 11.2 Å². The third-order valence-corrected chi connectivity index (χ3v) is 5.98. The summed E-state index contributed by atoms with van der Waals surface area (Å²) in [7, 11) is 0. The molecule has 2 fully saturated rings. The van der Waals surface area contributed by atoms with Gasteiger partial charge in [-0.3, -0.25) is 4.79 Å². The molecule has 27 heavy (non-hydrogen) atoms. The van der Waals surface area contributed by atoms with E-state index in [1.165, 1.54) is 6.08 Å². The first-order valence-electron chi connectivity index (χ1n) is 8.98. The number of carbonyl (C=O) groups excluding carboxylic acids is 3. The van der Waals surface area contributed by atoms with Crippen LogP contribution in [-0.4, -0.2) is 47.2 Å². The Balaban J connectivity index is 1.73. The van der Waals surface area contributed by atoms with Crippen LogP contribution < -0.4 is 0 Å². The lowest BCUT2D eigenvalue weighted by atomic mass is 9.83. The molecule has 0 amide bonds. The number of hydrogen-bond acceptors (Lipinski definition) is 7. The average molecular weight is 374 g/mol. The molecule has 6 atom stereocenters. The zero-order chi connectivity index (χ0) is 19.7. The number of rotatable bonds is 2. The summed E-state index contributed by atoms with van der Waals surface area (Å²) in [6, 6.07) is 0. The number of esters is 2. The summed E-state index contributed by atoms with van der Waals surface area (Å²) in [4.78, 5) is 37.2. The van der Waals surface area contributed by atoms with E-state index < -0.39 is 41.3 Å². The molecule has 2 bridgehead atoms. The first kappa shape index (κ1) is 18.0. The Hall–Kier alpha value is -2.41. The molecule has 0 aliphatic carbocycles. The molecular weight excluding hydrogens is 352 g/mol. The molecule has 0 aromatic heterocycles. The van der Waals surface area contributed by atoms with E-state index >= 15 is 0 Å². The maximum absolute atomic E-state index is 12.6. The first-order valence-corrected chi connectivity index (χ1v) is 8.98. The van der Waals surface area contributed by atoms with Crippen LogP contribution in [0.5, 0.6) is 0 Å². The van der Waals surface area contributed by atoms with Gasteiger partial charge in [0.05, 0.1) is 12.0 Å². The van der Waals surface area contributed by atoms with E-state index in [1.54, 1.807) is 33.8 Å². The lowest BCUT2D eigenvalue weighted by Gasteiger charge is -2.29. The topological polar surface area (TPSA) is 91.4 Å². The Morgan fingerprint density at radius 2 is 2.00 bits per heavy atom. The quantitative estimate of drug-likeness (QED) is 0.413. The van der Waals surface area contributed by atoms with Crippen LogP contribution in [0.15, 0.2) is 35.6 Å². The molecule has 0 spiro atoms. The molecule has 0 radical (unpaired) electrons. The standard InChI is InChI=1S/C20H22O7/c1-9-6-13(25-18(23)20(5)11(3)26-20)16-10(2)17(22)24-14(16)8-19(4)15(21)7-12(9)27-19/h6-7,11,13-14,16H,2,8H2,1,3-5H3/b9-6-/t11?,13-,14+,16?,19-,20?/m1/s1. The van der Waals surface area contributed by atoms with Gasteiger partial charge in [0.25, 0.3) is 0 Å². The molecule has 0 N–H and O–H groups in total. The summed E-state index contributed by atoms with van der Waals surface area (Å²) in [6.07, 6.45) is 1.58. The maximum atomic E-state index is 12.6. The Kier molecular flexibility index (Phi) is 3.69. The first-order chi connectivity index (χ1) is 12.5. The molecule has 4 aliphatic heterocycles. The van der Waals surface area contributed by atoms with Crippen LogP contribution in [0.3, 0.4) is 0 Å². The van der Waals surface area contributed by atoms with Crippen molar-refractivity contribution < 1.29 is 33.3 Å². The van der Waals surface area contributed by atoms with E-state index in [4.69, 9.17) is 18.9 Å². The minimum absolute atomic E-state index is 0.153. The predicted molar refractivity (Wildman–Crippen MR) is 92.3 cm³/mol. The number of ketones is 1. The summed E-state index contributed by atoms with van der Waals surface area (Å²) >= 11 is 0. The van der Waals surface area contributed by atoms with Gasteiger partial charge in [-0.1, -0.05) is 6.58 Å². The Morgan fingerprint density at radius 1 is 1.33 bits per heavy atom. The molecule has 0 saturated carbocycles. The van der Waals surface area contributed by atoms with Crippen LogP contribution in [0.2, 0.25) is 0 Å². The second-order valence-corrected chi connectivity index (χ2v) is 7.99. The zero-order valence-corrected chi connectivity index (χ0v) is 15.7. The highest BCUT2D eigenvalue weighted by molar-refractivity contribution is 6.00. The van der Waals surface area contributed by atoms with E-state index in [1.807, 2.05) is 0 Å². The Bertz CT molecular complexity index is 837. The summed E-state index contributed by atoms with van der Waals surface area (Å²) in [5.74, 6) is -1.40. The van der Waals surface area contributed by atoms with Crippen molar-refractivity contribution >= 4 is 17.7 Å². The molecule has 7 heteroatoms. The summed E-state index contributed by atoms with van der Waals surface area (Å²) in [6.45, 7) is 10.7. The van der Waals surface area contributed by atoms with Gasteiger partial charge < -0.3 is 18.9 Å². The lowest BCUT2D eigenvalue weighted by molar-refractivity contribution is -0.156. The van der Waals surface area contributed by atoms with Crippen molar-refractivity contribution in [1.29, 1.82) is 0 Å². The predicted octanol–water partition coefficient (Wildman–Crippen LogP) is 1.77. The fourth-order valence-corrected chi connectivity index (χ4v) is 3.87. The van der Waals surface area contributed by atoms with Crippen molar-refractivity contribution in [3.05, 3.63) is 35.6 Å². The van der Waals surface area contributed by atoms with E-state index in [2.05, 4.69) is 6.58 Å². The summed E-state index contributed by atoms with van der Waals surface area (Å²) < 4.78 is 22.4. The summed E-state index contributed by atoms with van der Waals surface area (Å²) in [5, 5.41) is 0. The second kappa shape index (κ2) is 5.55. The molecule has 2 saturated heterocycles. The Labute approximate surface area is 157 Å². The fraction of sp³-hybridized carbons (Fsp3) is 0.550. The van der Waals surface area contributed by atoms with Gasteiger partial charge in [0.1, 0.15) is 18.0 Å². The van der Waals surface area contributed by atoms with Gasteiger partial charge in [-0.15, -0.1) is 0 Å². The van der Waals surface area contributed by atoms with Crippen LogP contribution in [0.1, 0.15) is 34.1 Å². The highest BCUT2D eigenvalue weighted by atomic mass is 16.7. The van der Waals surface area contributed by atoms with Gasteiger partial charge in [-0.2, -0.15) is 0 Å². The largest absolute Gasteiger partial charge is 0.479 e. The van der Waals surface area contributed by atoms with Crippen LogP contribution >= 0.6 is 0 Å². The highest BCUT2D eigenvalue weighted by Gasteiger charge is 2.59. The number of allylic oxidation sites excluding steroid dienone is 1. The fourth-order valence-electron chi connectivity index (χ4n) is 3.87. The number of ether oxygens (including phenoxy) is 4. The molecule has 7 nitrogen and oxygen atoms in total. The molecule has 144 valence electrons. The van der Waals surface area contributed by atoms with Gasteiger partial charge >= 0.3 is 11.9 Å². The minimum Gasteiger partial charge on any atom is -0.479 e. The summed E-state index contributed by atoms with van der Waals surface area (Å²) in [5.41, 5.74) is -1.25. The molecule has 4 heterocycles. The van der Waals surface area contributed by atoms with Crippen molar-refractivity contribution in [2.24, 2.45) is 5.92 Å². The van der Waals surface area contributed by atoms with E-state index in [-0.39, 0.29) is 23.9 Å². The van der Waals surface area contributed by atoms with Crippen molar-refractivity contribution in [1.82, 2.24) is 0 Å². The van der Waals surface area contributed by atoms with Crippen LogP contribution in [-0.2, 0) is 33.3 Å². The van der Waals surface area contributed by atoms with Crippen LogP contribution in [0.4, 0.5) is 0 Å². The van der Waals surface area contributed by atoms with E-state index in [9.17, 15) is 14.4 Å². The SMILES string of the molecule is C=C1C(=O)O[C@H]2C[C@@]3(C)OC(=CC3=O)/C(C)=C\[C@@H](OC(=O)C3(C)OC3C)C12. The van der Waals surface area contributed by atoms with Crippen molar-refractivity contribution in [2.75, 3.05) is 0 Å². The van der Waals surface area contributed by atoms with Crippen molar-refractivity contribution in [2.45, 2.75) is 63.6 Å². The lowest BCUT2D eigenvalue weighted by Crippen LogP contribution is -2.42. The highest BCUT2D eigenvalue weighted by Crippen LogP contribution is 2.44. The van der Waals surface area contributed by atoms with Crippen LogP contribution in [0, 0.1) is 5.92 Å². The average Bonchev–Trinajstić information content (AvgIpc) is 2.94. The number of epoxide rings is 1. The molecule has 4 rings (SSSR count). The maximum Gasteiger partial charge on any atom is 0.341 e. The molecule has 0 aromatic carbocycles. The van der Waals surface area contributed by atoms with E-state index in [0.717, 1.165) is 0 Å². The smallest absolute Gasteiger partial charge is 0.341 e. The van der Waals surface area contributed by atoms with Crippen molar-refractivity contribution in [3.63, 3.8) is 0 Å². The van der Waals surface area contributed by atoms with Crippen molar-refractivity contribution in [3.8, 4) is 0 Å². The van der Waals surface area contributed by atoms with Gasteiger partial charge in [-0.25, -0.2) is 9.59 Å². The van der Waals surface area contributed by atoms with Gasteiger partial charge in [0.2, 0.25) is 5.78 Å². The monoisotopic (exact) mass is 374 g/mol. The van der Waals surface area contributed by atoms with E-state index in [0.29, 0.717) is 11.3 Å². The minimum atomic E-state index is -1.13. The van der Waals surface area contributed by atoms with Gasteiger partial charge in [-0.05, 0) is 39.3 Å². The number of fused-ring (bicyclic) bond motifs is 3. The molecule has 4 aliphatic rings. The molecule has 3 unspecified atom stereocenters. The van der Waals surface area contributed by atoms with Gasteiger partial charge in [0, 0.05) is 18.1 Å². The third kappa shape index (κ3) is 2.64. The zero-order valence-electron chi connectivity index (χ0n) is 15.7. The number of carbonyl (C=O) groups is 3. The normalized spacial score (nSPS) is 44.7. The molecular formula is C20H22O7. The number of hydrogen-bond donors (Lipinski definition) is 0.